The summed E-state index contributed by atoms with van der Waals surface area (Å²) in [5.41, 5.74) is 1.38. The molecule has 2 aliphatic rings. The molecule has 1 N–H and O–H groups in total. The number of hydrogen-bond donors (Lipinski definition) is 1. The van der Waals surface area contributed by atoms with Gasteiger partial charge in [-0.05, 0) is 56.9 Å². The molecule has 130 valence electrons. The van der Waals surface area contributed by atoms with Crippen molar-refractivity contribution in [3.05, 3.63) is 35.9 Å². The minimum Gasteiger partial charge on any atom is -0.481 e. The molecule has 2 unspecified atom stereocenters. The molecule has 4 nitrogen and oxygen atoms in total. The average molecular weight is 329 g/mol. The van der Waals surface area contributed by atoms with Crippen molar-refractivity contribution in [1.29, 1.82) is 0 Å². The summed E-state index contributed by atoms with van der Waals surface area (Å²) in [7, 11) is 0. The first kappa shape index (κ1) is 17.0. The molecule has 1 aromatic carbocycles. The number of hydrogen-bond acceptors (Lipinski definition) is 2. The number of nitrogens with zero attached hydrogens (tertiary/aromatic N) is 1. The van der Waals surface area contributed by atoms with E-state index < -0.39 is 11.9 Å². The third-order valence-electron chi connectivity index (χ3n) is 5.86. The first-order valence-electron chi connectivity index (χ1n) is 9.14. The molecule has 2 atom stereocenters. The Morgan fingerprint density at radius 1 is 0.958 bits per heavy atom. The van der Waals surface area contributed by atoms with Gasteiger partial charge in [-0.1, -0.05) is 30.3 Å². The molecule has 3 rings (SSSR count). The van der Waals surface area contributed by atoms with E-state index in [1.807, 2.05) is 17.9 Å². The maximum atomic E-state index is 12.9. The van der Waals surface area contributed by atoms with Gasteiger partial charge in [0.25, 0.3) is 0 Å². The number of amides is 1. The van der Waals surface area contributed by atoms with Gasteiger partial charge in [-0.3, -0.25) is 9.59 Å². The van der Waals surface area contributed by atoms with Crippen LogP contribution in [-0.2, 0) is 9.59 Å². The van der Waals surface area contributed by atoms with Crippen LogP contribution in [0.15, 0.2) is 30.3 Å². The number of carboxylic acid groups (broad SMARTS) is 1. The molecule has 2 fully saturated rings. The van der Waals surface area contributed by atoms with Gasteiger partial charge in [-0.2, -0.15) is 0 Å². The average Bonchev–Trinajstić information content (AvgIpc) is 2.62. The van der Waals surface area contributed by atoms with E-state index >= 15 is 0 Å². The van der Waals surface area contributed by atoms with E-state index in [9.17, 15) is 14.7 Å². The third kappa shape index (κ3) is 3.63. The van der Waals surface area contributed by atoms with E-state index in [-0.39, 0.29) is 17.9 Å². The molecule has 0 spiro atoms. The highest BCUT2D eigenvalue weighted by atomic mass is 16.4. The summed E-state index contributed by atoms with van der Waals surface area (Å²) in [5, 5.41) is 9.26. The summed E-state index contributed by atoms with van der Waals surface area (Å²) in [6, 6.07) is 10.7. The molecule has 1 heterocycles. The molecule has 24 heavy (non-hydrogen) atoms. The van der Waals surface area contributed by atoms with Crippen molar-refractivity contribution in [3.63, 3.8) is 0 Å². The van der Waals surface area contributed by atoms with E-state index in [0.717, 1.165) is 32.1 Å². The van der Waals surface area contributed by atoms with Crippen molar-refractivity contribution in [2.24, 2.45) is 11.8 Å². The van der Waals surface area contributed by atoms with Crippen molar-refractivity contribution in [2.45, 2.75) is 57.4 Å². The molecule has 1 aliphatic carbocycles. The third-order valence-corrected chi connectivity index (χ3v) is 5.86. The van der Waals surface area contributed by atoms with E-state index in [1.165, 1.54) is 5.56 Å². The van der Waals surface area contributed by atoms with Crippen LogP contribution in [0, 0.1) is 11.8 Å². The molecule has 1 aromatic rings. The molecule has 4 heteroatoms. The number of aliphatic carboxylic acids is 1. The smallest absolute Gasteiger partial charge is 0.308 e. The lowest BCUT2D eigenvalue weighted by Crippen LogP contribution is -2.49. The number of piperidine rings is 1. The SMILES string of the molecule is CC1CCC(C(=O)O)CN1C(=O)C1CCC(c2ccccc2)CC1. The molecule has 0 radical (unpaired) electrons. The summed E-state index contributed by atoms with van der Waals surface area (Å²) in [6.07, 6.45) is 5.40. The van der Waals surface area contributed by atoms with E-state index in [2.05, 4.69) is 24.3 Å². The summed E-state index contributed by atoms with van der Waals surface area (Å²) in [4.78, 5) is 26.0. The molecular weight excluding hydrogens is 302 g/mol. The van der Waals surface area contributed by atoms with E-state index in [1.54, 1.807) is 0 Å². The maximum absolute atomic E-state index is 12.9. The van der Waals surface area contributed by atoms with Gasteiger partial charge in [0.2, 0.25) is 5.91 Å². The summed E-state index contributed by atoms with van der Waals surface area (Å²) >= 11 is 0. The van der Waals surface area contributed by atoms with Gasteiger partial charge in [0.05, 0.1) is 5.92 Å². The second-order valence-corrected chi connectivity index (χ2v) is 7.41. The number of likely N-dealkylation sites (tertiary alicyclic amines) is 1. The van der Waals surface area contributed by atoms with Crippen molar-refractivity contribution in [3.8, 4) is 0 Å². The normalized spacial score (nSPS) is 30.8. The monoisotopic (exact) mass is 329 g/mol. The molecule has 1 saturated heterocycles. The van der Waals surface area contributed by atoms with Crippen LogP contribution in [0.4, 0.5) is 0 Å². The number of carbonyl (C=O) groups excluding carboxylic acids is 1. The summed E-state index contributed by atoms with van der Waals surface area (Å²) in [6.45, 7) is 2.43. The Hall–Kier alpha value is -1.84. The highest BCUT2D eigenvalue weighted by molar-refractivity contribution is 5.80. The lowest BCUT2D eigenvalue weighted by Gasteiger charge is -2.40. The number of benzene rings is 1. The minimum absolute atomic E-state index is 0.0694. The van der Waals surface area contributed by atoms with Gasteiger partial charge in [0.15, 0.2) is 0 Å². The van der Waals surface area contributed by atoms with Crippen molar-refractivity contribution < 1.29 is 14.7 Å². The minimum atomic E-state index is -0.771. The standard InChI is InChI=1S/C20H27NO3/c1-14-7-8-18(20(23)24)13-21(14)19(22)17-11-9-16(10-12-17)15-5-3-2-4-6-15/h2-6,14,16-18H,7-13H2,1H3,(H,23,24). The Morgan fingerprint density at radius 3 is 2.21 bits per heavy atom. The number of carbonyl (C=O) groups is 2. The summed E-state index contributed by atoms with van der Waals surface area (Å²) < 4.78 is 0. The van der Waals surface area contributed by atoms with E-state index in [0.29, 0.717) is 18.9 Å². The molecule has 1 aliphatic heterocycles. The van der Waals surface area contributed by atoms with Crippen LogP contribution < -0.4 is 0 Å². The van der Waals surface area contributed by atoms with Crippen LogP contribution in [0.2, 0.25) is 0 Å². The lowest BCUT2D eigenvalue weighted by molar-refractivity contribution is -0.149. The van der Waals surface area contributed by atoms with Gasteiger partial charge in [0, 0.05) is 18.5 Å². The Kier molecular flexibility index (Phi) is 5.22. The zero-order valence-electron chi connectivity index (χ0n) is 14.4. The van der Waals surface area contributed by atoms with Crippen LogP contribution in [0.25, 0.3) is 0 Å². The number of rotatable bonds is 3. The first-order valence-corrected chi connectivity index (χ1v) is 9.14. The topological polar surface area (TPSA) is 57.6 Å². The molecule has 1 amide bonds. The van der Waals surface area contributed by atoms with Crippen molar-refractivity contribution >= 4 is 11.9 Å². The molecular formula is C20H27NO3. The Balaban J connectivity index is 1.59. The molecule has 1 saturated carbocycles. The van der Waals surface area contributed by atoms with Crippen molar-refractivity contribution in [2.75, 3.05) is 6.54 Å². The van der Waals surface area contributed by atoms with Crippen LogP contribution >= 0.6 is 0 Å². The van der Waals surface area contributed by atoms with Crippen LogP contribution in [0.1, 0.15) is 56.9 Å². The Morgan fingerprint density at radius 2 is 1.58 bits per heavy atom. The van der Waals surface area contributed by atoms with Gasteiger partial charge in [-0.25, -0.2) is 0 Å². The predicted octanol–water partition coefficient (Wildman–Crippen LogP) is 3.67. The second-order valence-electron chi connectivity index (χ2n) is 7.41. The van der Waals surface area contributed by atoms with Crippen LogP contribution in [0.3, 0.4) is 0 Å². The fraction of sp³-hybridized carbons (Fsp3) is 0.600. The molecule has 0 aromatic heterocycles. The number of carboxylic acids is 1. The Labute approximate surface area is 143 Å². The maximum Gasteiger partial charge on any atom is 0.308 e. The van der Waals surface area contributed by atoms with Gasteiger partial charge in [-0.15, -0.1) is 0 Å². The van der Waals surface area contributed by atoms with E-state index in [4.69, 9.17) is 0 Å². The lowest BCUT2D eigenvalue weighted by atomic mass is 9.77. The highest BCUT2D eigenvalue weighted by Gasteiger charge is 2.36. The van der Waals surface area contributed by atoms with Crippen LogP contribution in [0.5, 0.6) is 0 Å². The fourth-order valence-corrected chi connectivity index (χ4v) is 4.25. The quantitative estimate of drug-likeness (QED) is 0.920. The predicted molar refractivity (Wildman–Crippen MR) is 92.7 cm³/mol. The Bertz CT molecular complexity index is 578. The van der Waals surface area contributed by atoms with Crippen LogP contribution in [-0.4, -0.2) is 34.5 Å². The summed E-state index contributed by atoms with van der Waals surface area (Å²) in [5.74, 6) is -0.362. The molecule has 0 bridgehead atoms. The van der Waals surface area contributed by atoms with Gasteiger partial charge in [0.1, 0.15) is 0 Å². The fourth-order valence-electron chi connectivity index (χ4n) is 4.25. The highest BCUT2D eigenvalue weighted by Crippen LogP contribution is 2.37. The largest absolute Gasteiger partial charge is 0.481 e. The first-order chi connectivity index (χ1) is 11.6. The van der Waals surface area contributed by atoms with Gasteiger partial charge < -0.3 is 10.0 Å². The van der Waals surface area contributed by atoms with Gasteiger partial charge >= 0.3 is 5.97 Å². The zero-order valence-corrected chi connectivity index (χ0v) is 14.4. The van der Waals surface area contributed by atoms with Crippen molar-refractivity contribution in [1.82, 2.24) is 4.90 Å². The second kappa shape index (κ2) is 7.37. The zero-order chi connectivity index (χ0) is 17.1.